The summed E-state index contributed by atoms with van der Waals surface area (Å²) in [6.07, 6.45) is 1.17. The highest BCUT2D eigenvalue weighted by Crippen LogP contribution is 2.24. The van der Waals surface area contributed by atoms with E-state index in [4.69, 9.17) is 9.84 Å². The van der Waals surface area contributed by atoms with Crippen molar-refractivity contribution in [1.82, 2.24) is 4.90 Å². The number of hydrogen-bond acceptors (Lipinski definition) is 4. The first-order valence-corrected chi connectivity index (χ1v) is 8.68. The monoisotopic (exact) mass is 354 g/mol. The molecule has 2 aromatic rings. The molecule has 1 aliphatic heterocycles. The van der Waals surface area contributed by atoms with Crippen molar-refractivity contribution in [2.75, 3.05) is 25.0 Å². The first kappa shape index (κ1) is 17.9. The van der Waals surface area contributed by atoms with Crippen LogP contribution in [0.1, 0.15) is 12.8 Å². The Hall–Kier alpha value is -2.86. The van der Waals surface area contributed by atoms with E-state index in [1.807, 2.05) is 53.4 Å². The minimum Gasteiger partial charge on any atom is -0.481 e. The molecule has 0 aliphatic carbocycles. The van der Waals surface area contributed by atoms with Gasteiger partial charge in [0.05, 0.1) is 12.5 Å². The minimum atomic E-state index is -0.746. The summed E-state index contributed by atoms with van der Waals surface area (Å²) in [5.41, 5.74) is 0.670. The zero-order valence-corrected chi connectivity index (χ0v) is 14.4. The van der Waals surface area contributed by atoms with Crippen LogP contribution < -0.4 is 10.1 Å². The van der Waals surface area contributed by atoms with Crippen molar-refractivity contribution in [2.24, 2.45) is 5.92 Å². The standard InChI is InChI=1S/C20H22N2O4/c23-19(14-22-11-9-15(10-12-22)20(24)25)21-16-5-4-8-18(13-16)26-17-6-2-1-3-7-17/h1-8,13,15H,9-12,14H2,(H,21,23)(H,24,25). The lowest BCUT2D eigenvalue weighted by atomic mass is 9.97. The Morgan fingerprint density at radius 2 is 1.73 bits per heavy atom. The van der Waals surface area contributed by atoms with Crippen LogP contribution >= 0.6 is 0 Å². The number of carboxylic acid groups (broad SMARTS) is 1. The molecule has 1 fully saturated rings. The van der Waals surface area contributed by atoms with Crippen LogP contribution in [0.4, 0.5) is 5.69 Å². The first-order valence-electron chi connectivity index (χ1n) is 8.68. The molecule has 0 radical (unpaired) electrons. The van der Waals surface area contributed by atoms with Gasteiger partial charge in [-0.3, -0.25) is 14.5 Å². The molecule has 6 heteroatoms. The van der Waals surface area contributed by atoms with Gasteiger partial charge >= 0.3 is 5.97 Å². The summed E-state index contributed by atoms with van der Waals surface area (Å²) < 4.78 is 5.77. The van der Waals surface area contributed by atoms with E-state index in [0.29, 0.717) is 37.4 Å². The Kier molecular flexibility index (Phi) is 5.86. The minimum absolute atomic E-state index is 0.115. The van der Waals surface area contributed by atoms with E-state index in [0.717, 1.165) is 5.75 Å². The van der Waals surface area contributed by atoms with Crippen molar-refractivity contribution < 1.29 is 19.4 Å². The van der Waals surface area contributed by atoms with Crippen molar-refractivity contribution in [2.45, 2.75) is 12.8 Å². The van der Waals surface area contributed by atoms with Gasteiger partial charge in [-0.1, -0.05) is 24.3 Å². The number of benzene rings is 2. The number of para-hydroxylation sites is 1. The van der Waals surface area contributed by atoms with Gasteiger partial charge in [-0.15, -0.1) is 0 Å². The van der Waals surface area contributed by atoms with Crippen LogP contribution in [0.15, 0.2) is 54.6 Å². The van der Waals surface area contributed by atoms with Gasteiger partial charge in [0.1, 0.15) is 11.5 Å². The Morgan fingerprint density at radius 1 is 1.04 bits per heavy atom. The van der Waals surface area contributed by atoms with Crippen molar-refractivity contribution in [3.8, 4) is 11.5 Å². The van der Waals surface area contributed by atoms with Gasteiger partial charge in [0, 0.05) is 11.8 Å². The van der Waals surface area contributed by atoms with Gasteiger partial charge in [0.2, 0.25) is 5.91 Å². The van der Waals surface area contributed by atoms with Crippen LogP contribution in [-0.4, -0.2) is 41.5 Å². The summed E-state index contributed by atoms with van der Waals surface area (Å²) in [7, 11) is 0. The number of hydrogen-bond donors (Lipinski definition) is 2. The van der Waals surface area contributed by atoms with E-state index < -0.39 is 5.97 Å². The number of nitrogens with zero attached hydrogens (tertiary/aromatic N) is 1. The molecule has 1 heterocycles. The number of nitrogens with one attached hydrogen (secondary N) is 1. The van der Waals surface area contributed by atoms with Crippen molar-refractivity contribution in [3.05, 3.63) is 54.6 Å². The molecule has 1 saturated heterocycles. The Morgan fingerprint density at radius 3 is 2.42 bits per heavy atom. The third-order valence-electron chi connectivity index (χ3n) is 4.40. The molecule has 0 unspecified atom stereocenters. The Balaban J connectivity index is 1.52. The van der Waals surface area contributed by atoms with Crippen LogP contribution in [-0.2, 0) is 9.59 Å². The van der Waals surface area contributed by atoms with Crippen LogP contribution in [0.25, 0.3) is 0 Å². The molecule has 0 bridgehead atoms. The highest BCUT2D eigenvalue weighted by Gasteiger charge is 2.25. The highest BCUT2D eigenvalue weighted by atomic mass is 16.5. The van der Waals surface area contributed by atoms with Gasteiger partial charge in [-0.05, 0) is 50.2 Å². The maximum atomic E-state index is 12.3. The third-order valence-corrected chi connectivity index (χ3v) is 4.40. The fourth-order valence-electron chi connectivity index (χ4n) is 3.00. The van der Waals surface area contributed by atoms with E-state index in [-0.39, 0.29) is 18.4 Å². The second-order valence-electron chi connectivity index (χ2n) is 6.38. The van der Waals surface area contributed by atoms with Gasteiger partial charge in [0.15, 0.2) is 0 Å². The van der Waals surface area contributed by atoms with E-state index in [1.54, 1.807) is 6.07 Å². The van der Waals surface area contributed by atoms with Gasteiger partial charge < -0.3 is 15.2 Å². The lowest BCUT2D eigenvalue weighted by Gasteiger charge is -2.29. The molecule has 1 amide bonds. The second kappa shape index (κ2) is 8.49. The molecule has 0 atom stereocenters. The fraction of sp³-hybridized carbons (Fsp3) is 0.300. The molecular formula is C20H22N2O4. The molecular weight excluding hydrogens is 332 g/mol. The van der Waals surface area contributed by atoms with Gasteiger partial charge in [-0.25, -0.2) is 0 Å². The van der Waals surface area contributed by atoms with Crippen molar-refractivity contribution in [1.29, 1.82) is 0 Å². The largest absolute Gasteiger partial charge is 0.481 e. The molecule has 6 nitrogen and oxygen atoms in total. The van der Waals surface area contributed by atoms with Crippen LogP contribution in [0.2, 0.25) is 0 Å². The van der Waals surface area contributed by atoms with Crippen LogP contribution in [0.5, 0.6) is 11.5 Å². The molecule has 136 valence electrons. The molecule has 0 spiro atoms. The molecule has 3 rings (SSSR count). The maximum Gasteiger partial charge on any atom is 0.306 e. The predicted octanol–water partition coefficient (Wildman–Crippen LogP) is 3.21. The third kappa shape index (κ3) is 5.07. The number of carboxylic acids is 1. The van der Waals surface area contributed by atoms with E-state index >= 15 is 0 Å². The summed E-state index contributed by atoms with van der Waals surface area (Å²) in [5, 5.41) is 11.9. The van der Waals surface area contributed by atoms with Gasteiger partial charge in [0.25, 0.3) is 0 Å². The number of anilines is 1. The van der Waals surface area contributed by atoms with Crippen LogP contribution in [0, 0.1) is 5.92 Å². The van der Waals surface area contributed by atoms with E-state index in [1.165, 1.54) is 0 Å². The van der Waals surface area contributed by atoms with Crippen molar-refractivity contribution in [3.63, 3.8) is 0 Å². The highest BCUT2D eigenvalue weighted by molar-refractivity contribution is 5.92. The first-order chi connectivity index (χ1) is 12.6. The number of carbonyl (C=O) groups is 2. The SMILES string of the molecule is O=C(CN1CCC(C(=O)O)CC1)Nc1cccc(Oc2ccccc2)c1. The number of carbonyl (C=O) groups excluding carboxylic acids is 1. The molecule has 26 heavy (non-hydrogen) atoms. The predicted molar refractivity (Wildman–Crippen MR) is 98.4 cm³/mol. The quantitative estimate of drug-likeness (QED) is 0.833. The number of aliphatic carboxylic acids is 1. The average molecular weight is 354 g/mol. The number of piperidine rings is 1. The second-order valence-corrected chi connectivity index (χ2v) is 6.38. The fourth-order valence-corrected chi connectivity index (χ4v) is 3.00. The maximum absolute atomic E-state index is 12.3. The lowest BCUT2D eigenvalue weighted by molar-refractivity contribution is -0.143. The number of ether oxygens (including phenoxy) is 1. The Labute approximate surface area is 152 Å². The van der Waals surface area contributed by atoms with E-state index in [9.17, 15) is 9.59 Å². The number of likely N-dealkylation sites (tertiary alicyclic amines) is 1. The zero-order valence-electron chi connectivity index (χ0n) is 14.4. The Bertz CT molecular complexity index is 755. The normalized spacial score (nSPS) is 15.4. The van der Waals surface area contributed by atoms with Crippen LogP contribution in [0.3, 0.4) is 0 Å². The van der Waals surface area contributed by atoms with Crippen molar-refractivity contribution >= 4 is 17.6 Å². The smallest absolute Gasteiger partial charge is 0.306 e. The summed E-state index contributed by atoms with van der Waals surface area (Å²) in [5.74, 6) is 0.231. The summed E-state index contributed by atoms with van der Waals surface area (Å²) in [4.78, 5) is 25.2. The van der Waals surface area contributed by atoms with E-state index in [2.05, 4.69) is 5.32 Å². The number of amides is 1. The molecule has 2 N–H and O–H groups in total. The average Bonchev–Trinajstić information content (AvgIpc) is 2.63. The summed E-state index contributed by atoms with van der Waals surface area (Å²) in [6.45, 7) is 1.51. The lowest BCUT2D eigenvalue weighted by Crippen LogP contribution is -2.40. The topological polar surface area (TPSA) is 78.9 Å². The molecule has 0 aromatic heterocycles. The zero-order chi connectivity index (χ0) is 18.4. The molecule has 0 saturated carbocycles. The molecule has 2 aromatic carbocycles. The summed E-state index contributed by atoms with van der Waals surface area (Å²) in [6, 6.07) is 16.7. The summed E-state index contributed by atoms with van der Waals surface area (Å²) >= 11 is 0. The molecule has 1 aliphatic rings. The number of rotatable bonds is 6. The van der Waals surface area contributed by atoms with Gasteiger partial charge in [-0.2, -0.15) is 0 Å².